The lowest BCUT2D eigenvalue weighted by molar-refractivity contribution is -0.0475. The van der Waals surface area contributed by atoms with E-state index in [1.807, 2.05) is 6.07 Å². The van der Waals surface area contributed by atoms with Crippen LogP contribution in [0.2, 0.25) is 0 Å². The Morgan fingerprint density at radius 1 is 1.28 bits per heavy atom. The summed E-state index contributed by atoms with van der Waals surface area (Å²) in [5.74, 6) is 0.430. The molecule has 29 heavy (non-hydrogen) atoms. The fourth-order valence-electron chi connectivity index (χ4n) is 5.77. The zero-order valence-corrected chi connectivity index (χ0v) is 19.3. The number of hydrogen-bond donors (Lipinski definition) is 2. The minimum Gasteiger partial charge on any atom is -0.477 e. The smallest absolute Gasteiger partial charge is 0.345 e. The Kier molecular flexibility index (Phi) is 8.47. The van der Waals surface area contributed by atoms with E-state index in [1.54, 1.807) is 6.07 Å². The Morgan fingerprint density at radius 2 is 2.07 bits per heavy atom. The van der Waals surface area contributed by atoms with Crippen molar-refractivity contribution in [3.05, 3.63) is 21.9 Å². The highest BCUT2D eigenvalue weighted by Gasteiger charge is 2.42. The molecule has 2 fully saturated rings. The topological polar surface area (TPSA) is 57.5 Å². The first-order valence-corrected chi connectivity index (χ1v) is 12.8. The summed E-state index contributed by atoms with van der Waals surface area (Å²) in [6.45, 7) is 2.23. The molecule has 3 rings (SSSR count). The molecule has 1 aromatic rings. The predicted molar refractivity (Wildman–Crippen MR) is 121 cm³/mol. The number of hydrogen-bond acceptors (Lipinski definition) is 3. The lowest BCUT2D eigenvalue weighted by Crippen LogP contribution is -2.41. The molecule has 2 aliphatic rings. The van der Waals surface area contributed by atoms with Gasteiger partial charge in [-0.1, -0.05) is 26.2 Å². The van der Waals surface area contributed by atoms with Crippen LogP contribution in [0.15, 0.2) is 12.1 Å². The highest BCUT2D eigenvalue weighted by Crippen LogP contribution is 2.49. The van der Waals surface area contributed by atoms with Crippen LogP contribution < -0.4 is 0 Å². The first-order chi connectivity index (χ1) is 13.9. The molecule has 0 saturated heterocycles. The second-order valence-electron chi connectivity index (χ2n) is 9.39. The zero-order valence-electron chi connectivity index (χ0n) is 17.7. The van der Waals surface area contributed by atoms with E-state index in [-0.39, 0.29) is 16.9 Å². The number of carboxylic acids is 1. The first-order valence-electron chi connectivity index (χ1n) is 11.6. The second kappa shape index (κ2) is 10.6. The van der Waals surface area contributed by atoms with Gasteiger partial charge in [-0.05, 0) is 93.6 Å². The van der Waals surface area contributed by atoms with Gasteiger partial charge in [-0.2, -0.15) is 0 Å². The molecule has 0 aromatic carbocycles. The van der Waals surface area contributed by atoms with E-state index >= 15 is 0 Å². The van der Waals surface area contributed by atoms with Crippen molar-refractivity contribution in [3.8, 4) is 0 Å². The minimum atomic E-state index is -0.827. The van der Waals surface area contributed by atoms with E-state index in [4.69, 9.17) is 16.7 Å². The van der Waals surface area contributed by atoms with Gasteiger partial charge in [0.15, 0.2) is 0 Å². The molecule has 2 aliphatic carbocycles. The summed E-state index contributed by atoms with van der Waals surface area (Å²) in [7, 11) is 0. The third kappa shape index (κ3) is 5.77. The highest BCUT2D eigenvalue weighted by atomic mass is 35.5. The van der Waals surface area contributed by atoms with Crippen molar-refractivity contribution in [2.75, 3.05) is 0 Å². The molecule has 4 atom stereocenters. The van der Waals surface area contributed by atoms with Crippen molar-refractivity contribution in [1.82, 2.24) is 0 Å². The van der Waals surface area contributed by atoms with E-state index in [1.165, 1.54) is 61.2 Å². The lowest BCUT2D eigenvalue weighted by atomic mass is 9.61. The molecule has 0 spiro atoms. The monoisotopic (exact) mass is 440 g/mol. The fourth-order valence-corrected chi connectivity index (χ4v) is 7.12. The molecule has 0 amide bonds. The number of thiophene rings is 1. The van der Waals surface area contributed by atoms with Gasteiger partial charge in [-0.15, -0.1) is 22.9 Å². The number of carboxylic acid groups (broad SMARTS) is 1. The summed E-state index contributed by atoms with van der Waals surface area (Å²) in [5.41, 5.74) is 0.222. The Labute approximate surface area is 184 Å². The largest absolute Gasteiger partial charge is 0.477 e. The van der Waals surface area contributed by atoms with Crippen LogP contribution in [0.25, 0.3) is 0 Å². The van der Waals surface area contributed by atoms with Crippen LogP contribution in [-0.4, -0.2) is 27.7 Å². The van der Waals surface area contributed by atoms with Crippen molar-refractivity contribution in [1.29, 1.82) is 0 Å². The molecule has 0 bridgehead atoms. The van der Waals surface area contributed by atoms with Crippen LogP contribution in [-0.2, 0) is 6.42 Å². The standard InChI is InChI=1S/C24H37ClO3S/c1-2-14-24(15-5-16-24)22(26)9-4-8-19-17(10-12-20(19)25)6-3-7-18-11-13-21(29-18)23(27)28/h11,13,17,19-20,22,26H,2-10,12,14-16H2,1H3,(H,27,28)/t17-,19?,20?,22?/m0/s1. The van der Waals surface area contributed by atoms with E-state index in [0.29, 0.717) is 16.7 Å². The third-order valence-corrected chi connectivity index (χ3v) is 9.25. The molecule has 164 valence electrons. The van der Waals surface area contributed by atoms with Crippen LogP contribution in [0.4, 0.5) is 0 Å². The van der Waals surface area contributed by atoms with Gasteiger partial charge in [0.05, 0.1) is 6.10 Å². The average molecular weight is 441 g/mol. The summed E-state index contributed by atoms with van der Waals surface area (Å²) in [5, 5.41) is 20.1. The van der Waals surface area contributed by atoms with Crippen molar-refractivity contribution in [2.24, 2.45) is 17.3 Å². The van der Waals surface area contributed by atoms with E-state index < -0.39 is 5.97 Å². The molecule has 1 heterocycles. The molecular weight excluding hydrogens is 404 g/mol. The molecule has 3 unspecified atom stereocenters. The lowest BCUT2D eigenvalue weighted by Gasteiger charge is -2.46. The zero-order chi connectivity index (χ0) is 20.9. The normalized spacial score (nSPS) is 26.9. The van der Waals surface area contributed by atoms with Gasteiger partial charge in [0, 0.05) is 10.3 Å². The Balaban J connectivity index is 1.41. The Hall–Kier alpha value is -0.580. The first kappa shape index (κ1) is 23.1. The van der Waals surface area contributed by atoms with E-state index in [2.05, 4.69) is 6.92 Å². The number of carbonyl (C=O) groups is 1. The molecular formula is C24H37ClO3S. The summed E-state index contributed by atoms with van der Waals surface area (Å²) in [6, 6.07) is 3.67. The molecule has 2 saturated carbocycles. The van der Waals surface area contributed by atoms with Gasteiger partial charge in [0.1, 0.15) is 4.88 Å². The maximum atomic E-state index is 11.0. The number of halogens is 1. The van der Waals surface area contributed by atoms with Crippen LogP contribution in [0.1, 0.15) is 98.5 Å². The van der Waals surface area contributed by atoms with Crippen molar-refractivity contribution >= 4 is 28.9 Å². The maximum Gasteiger partial charge on any atom is 0.345 e. The third-order valence-electron chi connectivity index (χ3n) is 7.57. The Morgan fingerprint density at radius 3 is 2.69 bits per heavy atom. The van der Waals surface area contributed by atoms with Gasteiger partial charge in [-0.25, -0.2) is 4.79 Å². The quantitative estimate of drug-likeness (QED) is 0.347. The number of aliphatic hydroxyl groups is 1. The summed E-state index contributed by atoms with van der Waals surface area (Å²) in [4.78, 5) is 12.6. The molecule has 1 aromatic heterocycles. The molecule has 3 nitrogen and oxygen atoms in total. The van der Waals surface area contributed by atoms with Crippen LogP contribution in [0.5, 0.6) is 0 Å². The summed E-state index contributed by atoms with van der Waals surface area (Å²) < 4.78 is 0. The predicted octanol–water partition coefficient (Wildman–Crippen LogP) is 6.90. The number of alkyl halides is 1. The SMILES string of the molecule is CCCC1(C(O)CCCC2C(Cl)CC[C@@H]2CCCc2ccc(C(=O)O)s2)CCC1. The van der Waals surface area contributed by atoms with E-state index in [0.717, 1.165) is 38.5 Å². The molecule has 5 heteroatoms. The molecule has 0 radical (unpaired) electrons. The number of aliphatic hydroxyl groups excluding tert-OH is 1. The average Bonchev–Trinajstić information content (AvgIpc) is 3.26. The van der Waals surface area contributed by atoms with Crippen LogP contribution in [0.3, 0.4) is 0 Å². The van der Waals surface area contributed by atoms with Crippen molar-refractivity contribution in [2.45, 2.75) is 102 Å². The minimum absolute atomic E-state index is 0.132. The van der Waals surface area contributed by atoms with E-state index in [9.17, 15) is 9.90 Å². The Bertz CT molecular complexity index is 654. The number of aryl methyl sites for hydroxylation is 1. The van der Waals surface area contributed by atoms with Gasteiger partial charge in [-0.3, -0.25) is 0 Å². The van der Waals surface area contributed by atoms with Crippen molar-refractivity contribution in [3.63, 3.8) is 0 Å². The second-order valence-corrected chi connectivity index (χ2v) is 11.1. The number of rotatable bonds is 12. The van der Waals surface area contributed by atoms with Crippen molar-refractivity contribution < 1.29 is 15.0 Å². The molecule has 2 N–H and O–H groups in total. The summed E-state index contributed by atoms with van der Waals surface area (Å²) in [6.07, 6.45) is 14.6. The van der Waals surface area contributed by atoms with Gasteiger partial charge in [0.2, 0.25) is 0 Å². The fraction of sp³-hybridized carbons (Fsp3) is 0.792. The molecule has 0 aliphatic heterocycles. The van der Waals surface area contributed by atoms with Gasteiger partial charge >= 0.3 is 5.97 Å². The highest BCUT2D eigenvalue weighted by molar-refractivity contribution is 7.13. The maximum absolute atomic E-state index is 11.0. The number of aromatic carboxylic acids is 1. The van der Waals surface area contributed by atoms with Gasteiger partial charge in [0.25, 0.3) is 0 Å². The van der Waals surface area contributed by atoms with Crippen LogP contribution >= 0.6 is 22.9 Å². The van der Waals surface area contributed by atoms with Crippen LogP contribution in [0, 0.1) is 17.3 Å². The van der Waals surface area contributed by atoms with Gasteiger partial charge < -0.3 is 10.2 Å². The summed E-state index contributed by atoms with van der Waals surface area (Å²) >= 11 is 8.08.